The van der Waals surface area contributed by atoms with E-state index in [0.29, 0.717) is 6.54 Å². The molecule has 5 heteroatoms. The lowest BCUT2D eigenvalue weighted by Crippen LogP contribution is -2.30. The quantitative estimate of drug-likeness (QED) is 0.834. The summed E-state index contributed by atoms with van der Waals surface area (Å²) in [6.45, 7) is 2.42. The van der Waals surface area contributed by atoms with Crippen LogP contribution in [-0.2, 0) is 11.3 Å². The van der Waals surface area contributed by atoms with Crippen LogP contribution in [0.25, 0.3) is 0 Å². The number of nitrogens with zero attached hydrogens (tertiary/aromatic N) is 1. The van der Waals surface area contributed by atoms with Crippen molar-refractivity contribution in [1.29, 1.82) is 0 Å². The lowest BCUT2D eigenvalue weighted by molar-refractivity contribution is -0.120. The summed E-state index contributed by atoms with van der Waals surface area (Å²) in [4.78, 5) is 17.1. The zero-order valence-electron chi connectivity index (χ0n) is 12.1. The number of hydrogen-bond donors (Lipinski definition) is 1. The van der Waals surface area contributed by atoms with E-state index in [2.05, 4.69) is 10.3 Å². The second-order valence-corrected chi connectivity index (χ2v) is 5.92. The van der Waals surface area contributed by atoms with Crippen LogP contribution in [0.5, 0.6) is 5.75 Å². The van der Waals surface area contributed by atoms with Gasteiger partial charge in [-0.3, -0.25) is 9.78 Å². The molecule has 110 valence electrons. The van der Waals surface area contributed by atoms with Crippen LogP contribution in [0, 0.1) is 0 Å². The molecule has 0 aliphatic rings. The molecule has 1 atom stereocenters. The third-order valence-electron chi connectivity index (χ3n) is 2.96. The second-order valence-electron chi connectivity index (χ2n) is 4.51. The van der Waals surface area contributed by atoms with Gasteiger partial charge in [0.2, 0.25) is 5.91 Å². The number of amides is 1. The SMILES string of the molecule is COc1ccc(S[C@@H](C)C(=O)NCc2ccncc2)cc1. The van der Waals surface area contributed by atoms with Crippen molar-refractivity contribution in [3.63, 3.8) is 0 Å². The monoisotopic (exact) mass is 302 g/mol. The van der Waals surface area contributed by atoms with E-state index < -0.39 is 0 Å². The van der Waals surface area contributed by atoms with Gasteiger partial charge in [0.1, 0.15) is 5.75 Å². The van der Waals surface area contributed by atoms with E-state index in [4.69, 9.17) is 4.74 Å². The van der Waals surface area contributed by atoms with Gasteiger partial charge >= 0.3 is 0 Å². The van der Waals surface area contributed by atoms with Crippen molar-refractivity contribution in [3.05, 3.63) is 54.4 Å². The molecule has 0 spiro atoms. The molecule has 1 amide bonds. The van der Waals surface area contributed by atoms with Crippen molar-refractivity contribution in [2.45, 2.75) is 23.6 Å². The van der Waals surface area contributed by atoms with Gasteiger partial charge in [-0.1, -0.05) is 0 Å². The highest BCUT2D eigenvalue weighted by molar-refractivity contribution is 8.00. The molecule has 2 rings (SSSR count). The number of hydrogen-bond acceptors (Lipinski definition) is 4. The molecule has 1 aromatic heterocycles. The first kappa shape index (κ1) is 15.4. The highest BCUT2D eigenvalue weighted by Gasteiger charge is 2.13. The minimum Gasteiger partial charge on any atom is -0.497 e. The molecule has 0 bridgehead atoms. The Hall–Kier alpha value is -2.01. The summed E-state index contributed by atoms with van der Waals surface area (Å²) in [5.41, 5.74) is 1.04. The van der Waals surface area contributed by atoms with E-state index in [9.17, 15) is 4.79 Å². The molecule has 0 radical (unpaired) electrons. The Bertz CT molecular complexity index is 573. The first-order valence-electron chi connectivity index (χ1n) is 6.66. The van der Waals surface area contributed by atoms with E-state index >= 15 is 0 Å². The average molecular weight is 302 g/mol. The van der Waals surface area contributed by atoms with Crippen molar-refractivity contribution >= 4 is 17.7 Å². The summed E-state index contributed by atoms with van der Waals surface area (Å²) in [7, 11) is 1.64. The summed E-state index contributed by atoms with van der Waals surface area (Å²) in [5.74, 6) is 0.835. The van der Waals surface area contributed by atoms with Crippen LogP contribution in [0.4, 0.5) is 0 Å². The van der Waals surface area contributed by atoms with Crippen LogP contribution >= 0.6 is 11.8 Å². The molecule has 0 saturated carbocycles. The van der Waals surface area contributed by atoms with E-state index in [1.54, 1.807) is 19.5 Å². The van der Waals surface area contributed by atoms with E-state index in [1.807, 2.05) is 43.3 Å². The maximum atomic E-state index is 12.1. The van der Waals surface area contributed by atoms with Crippen molar-refractivity contribution in [2.24, 2.45) is 0 Å². The maximum absolute atomic E-state index is 12.1. The predicted molar refractivity (Wildman–Crippen MR) is 84.4 cm³/mol. The van der Waals surface area contributed by atoms with E-state index in [1.165, 1.54) is 11.8 Å². The molecular formula is C16H18N2O2S. The van der Waals surface area contributed by atoms with E-state index in [0.717, 1.165) is 16.2 Å². The molecule has 1 N–H and O–H groups in total. The van der Waals surface area contributed by atoms with Gasteiger partial charge in [-0.15, -0.1) is 11.8 Å². The van der Waals surface area contributed by atoms with Crippen molar-refractivity contribution < 1.29 is 9.53 Å². The molecular weight excluding hydrogens is 284 g/mol. The molecule has 0 aliphatic carbocycles. The number of thioether (sulfide) groups is 1. The number of nitrogens with one attached hydrogen (secondary N) is 1. The van der Waals surface area contributed by atoms with Crippen molar-refractivity contribution in [2.75, 3.05) is 7.11 Å². The number of ether oxygens (including phenoxy) is 1. The van der Waals surface area contributed by atoms with Gasteiger partial charge in [-0.2, -0.15) is 0 Å². The minimum absolute atomic E-state index is 0.0210. The molecule has 21 heavy (non-hydrogen) atoms. The number of benzene rings is 1. The lowest BCUT2D eigenvalue weighted by Gasteiger charge is -2.12. The van der Waals surface area contributed by atoms with Crippen molar-refractivity contribution in [1.82, 2.24) is 10.3 Å². The molecule has 0 aliphatic heterocycles. The van der Waals surface area contributed by atoms with Crippen LogP contribution in [-0.4, -0.2) is 23.3 Å². The molecule has 0 saturated heterocycles. The van der Waals surface area contributed by atoms with Crippen LogP contribution in [0.15, 0.2) is 53.7 Å². The molecule has 1 aromatic carbocycles. The van der Waals surface area contributed by atoms with Crippen molar-refractivity contribution in [3.8, 4) is 5.75 Å². The van der Waals surface area contributed by atoms with Gasteiger partial charge in [-0.25, -0.2) is 0 Å². The standard InChI is InChI=1S/C16H18N2O2S/c1-12(21-15-5-3-14(20-2)4-6-15)16(19)18-11-13-7-9-17-10-8-13/h3-10,12H,11H2,1-2H3,(H,18,19)/t12-/m0/s1. The summed E-state index contributed by atoms with van der Waals surface area (Å²) in [6, 6.07) is 11.5. The number of carbonyl (C=O) groups excluding carboxylic acids is 1. The molecule has 0 unspecified atom stereocenters. The van der Waals surface area contributed by atoms with Crippen LogP contribution in [0.2, 0.25) is 0 Å². The largest absolute Gasteiger partial charge is 0.497 e. The smallest absolute Gasteiger partial charge is 0.233 e. The first-order valence-corrected chi connectivity index (χ1v) is 7.54. The van der Waals surface area contributed by atoms with E-state index in [-0.39, 0.29) is 11.2 Å². The Balaban J connectivity index is 1.84. The Morgan fingerprint density at radius 3 is 2.52 bits per heavy atom. The van der Waals surface area contributed by atoms with Gasteiger partial charge in [0, 0.05) is 23.8 Å². The maximum Gasteiger partial charge on any atom is 0.233 e. The number of aromatic nitrogens is 1. The summed E-state index contributed by atoms with van der Waals surface area (Å²) < 4.78 is 5.12. The average Bonchev–Trinajstić information content (AvgIpc) is 2.54. The van der Waals surface area contributed by atoms with Crippen LogP contribution in [0.1, 0.15) is 12.5 Å². The highest BCUT2D eigenvalue weighted by Crippen LogP contribution is 2.25. The predicted octanol–water partition coefficient (Wildman–Crippen LogP) is 2.89. The number of methoxy groups -OCH3 is 1. The van der Waals surface area contributed by atoms with Gasteiger partial charge in [0.25, 0.3) is 0 Å². The molecule has 0 fully saturated rings. The zero-order valence-corrected chi connectivity index (χ0v) is 12.9. The Morgan fingerprint density at radius 2 is 1.90 bits per heavy atom. The Kier molecular flexibility index (Phi) is 5.63. The fourth-order valence-corrected chi connectivity index (χ4v) is 2.64. The third-order valence-corrected chi connectivity index (χ3v) is 4.07. The van der Waals surface area contributed by atoms with Gasteiger partial charge in [-0.05, 0) is 48.9 Å². The Morgan fingerprint density at radius 1 is 1.24 bits per heavy atom. The van der Waals surface area contributed by atoms with Crippen LogP contribution < -0.4 is 10.1 Å². The number of carbonyl (C=O) groups is 1. The Labute approximate surface area is 128 Å². The van der Waals surface area contributed by atoms with Gasteiger partial charge < -0.3 is 10.1 Å². The molecule has 1 heterocycles. The topological polar surface area (TPSA) is 51.2 Å². The first-order chi connectivity index (χ1) is 10.2. The van der Waals surface area contributed by atoms with Gasteiger partial charge in [0.05, 0.1) is 12.4 Å². The molecule has 2 aromatic rings. The normalized spacial score (nSPS) is 11.7. The molecule has 4 nitrogen and oxygen atoms in total. The third kappa shape index (κ3) is 4.79. The summed E-state index contributed by atoms with van der Waals surface area (Å²) >= 11 is 1.53. The number of rotatable bonds is 6. The minimum atomic E-state index is -0.153. The van der Waals surface area contributed by atoms with Gasteiger partial charge in [0.15, 0.2) is 0 Å². The lowest BCUT2D eigenvalue weighted by atomic mass is 10.2. The fraction of sp³-hybridized carbons (Fsp3) is 0.250. The second kappa shape index (κ2) is 7.69. The highest BCUT2D eigenvalue weighted by atomic mass is 32.2. The fourth-order valence-electron chi connectivity index (χ4n) is 1.75. The number of pyridine rings is 1. The summed E-state index contributed by atoms with van der Waals surface area (Å²) in [5, 5.41) is 2.78. The van der Waals surface area contributed by atoms with Crippen LogP contribution in [0.3, 0.4) is 0 Å². The summed E-state index contributed by atoms with van der Waals surface area (Å²) in [6.07, 6.45) is 3.44. The zero-order chi connectivity index (χ0) is 15.1.